The molecule has 0 aliphatic carbocycles. The molecular formula is C21H34F2IN5O. The number of benzene rings is 1. The number of rotatable bonds is 7. The van der Waals surface area contributed by atoms with Gasteiger partial charge in [-0.05, 0) is 51.9 Å². The van der Waals surface area contributed by atoms with Crippen molar-refractivity contribution in [1.82, 2.24) is 20.4 Å². The SMILES string of the molecule is CCNC(=NCC(c1c(F)cccc1F)N(C)C)N1CCC(CC(=O)NC)CC1.I. The first kappa shape index (κ1) is 26.5. The molecule has 2 rings (SSSR count). The zero-order valence-corrected chi connectivity index (χ0v) is 20.6. The number of likely N-dealkylation sites (N-methyl/N-ethyl adjacent to an activating group) is 1. The average molecular weight is 537 g/mol. The third-order valence-corrected chi connectivity index (χ3v) is 5.37. The van der Waals surface area contributed by atoms with Gasteiger partial charge in [-0.3, -0.25) is 9.79 Å². The quantitative estimate of drug-likeness (QED) is 0.319. The van der Waals surface area contributed by atoms with Crippen molar-refractivity contribution in [3.63, 3.8) is 0 Å². The smallest absolute Gasteiger partial charge is 0.220 e. The van der Waals surface area contributed by atoms with Crippen LogP contribution in [0.25, 0.3) is 0 Å². The van der Waals surface area contributed by atoms with Crippen LogP contribution in [0.1, 0.15) is 37.8 Å². The summed E-state index contributed by atoms with van der Waals surface area (Å²) in [6.07, 6.45) is 2.38. The summed E-state index contributed by atoms with van der Waals surface area (Å²) in [5.41, 5.74) is 0.0429. The molecule has 30 heavy (non-hydrogen) atoms. The van der Waals surface area contributed by atoms with Crippen LogP contribution in [0.15, 0.2) is 23.2 Å². The number of nitrogens with zero attached hydrogens (tertiary/aromatic N) is 3. The van der Waals surface area contributed by atoms with Crippen molar-refractivity contribution in [2.45, 2.75) is 32.2 Å². The molecule has 2 N–H and O–H groups in total. The molecule has 1 aliphatic heterocycles. The van der Waals surface area contributed by atoms with Crippen molar-refractivity contribution in [1.29, 1.82) is 0 Å². The number of nitrogens with one attached hydrogen (secondary N) is 2. The Morgan fingerprint density at radius 3 is 2.37 bits per heavy atom. The Morgan fingerprint density at radius 2 is 1.87 bits per heavy atom. The van der Waals surface area contributed by atoms with E-state index < -0.39 is 17.7 Å². The number of likely N-dealkylation sites (tertiary alicyclic amines) is 1. The molecule has 1 heterocycles. The lowest BCUT2D eigenvalue weighted by Gasteiger charge is -2.34. The highest BCUT2D eigenvalue weighted by Crippen LogP contribution is 2.25. The second-order valence-corrected chi connectivity index (χ2v) is 7.62. The molecule has 1 saturated heterocycles. The van der Waals surface area contributed by atoms with E-state index in [1.165, 1.54) is 18.2 Å². The maximum atomic E-state index is 14.3. The van der Waals surface area contributed by atoms with Crippen molar-refractivity contribution in [3.8, 4) is 0 Å². The number of amides is 1. The van der Waals surface area contributed by atoms with Crippen molar-refractivity contribution < 1.29 is 13.6 Å². The normalized spacial score (nSPS) is 16.2. The minimum absolute atomic E-state index is 0. The molecule has 1 aromatic rings. The van der Waals surface area contributed by atoms with E-state index in [0.717, 1.165) is 31.9 Å². The number of hydrogen-bond acceptors (Lipinski definition) is 3. The Labute approximate surface area is 195 Å². The fraction of sp³-hybridized carbons (Fsp3) is 0.619. The van der Waals surface area contributed by atoms with Crippen molar-refractivity contribution in [2.75, 3.05) is 47.3 Å². The molecule has 1 fully saturated rings. The second-order valence-electron chi connectivity index (χ2n) is 7.62. The van der Waals surface area contributed by atoms with Gasteiger partial charge in [0.2, 0.25) is 5.91 Å². The molecule has 0 saturated carbocycles. The van der Waals surface area contributed by atoms with Gasteiger partial charge in [-0.15, -0.1) is 24.0 Å². The van der Waals surface area contributed by atoms with Crippen LogP contribution >= 0.6 is 24.0 Å². The summed E-state index contributed by atoms with van der Waals surface area (Å²) in [6.45, 7) is 4.54. The molecule has 1 amide bonds. The Balaban J connectivity index is 0.00000450. The van der Waals surface area contributed by atoms with Crippen LogP contribution in [0.3, 0.4) is 0 Å². The number of carbonyl (C=O) groups excluding carboxylic acids is 1. The first-order chi connectivity index (χ1) is 13.9. The number of guanidine groups is 1. The molecule has 1 aliphatic rings. The summed E-state index contributed by atoms with van der Waals surface area (Å²) in [4.78, 5) is 20.2. The molecule has 0 spiro atoms. The Bertz CT molecular complexity index is 688. The van der Waals surface area contributed by atoms with E-state index in [9.17, 15) is 13.6 Å². The lowest BCUT2D eigenvalue weighted by Crippen LogP contribution is -2.46. The molecule has 1 atom stereocenters. The van der Waals surface area contributed by atoms with Gasteiger partial charge in [-0.2, -0.15) is 0 Å². The van der Waals surface area contributed by atoms with Gasteiger partial charge in [0.15, 0.2) is 5.96 Å². The van der Waals surface area contributed by atoms with Crippen LogP contribution < -0.4 is 10.6 Å². The van der Waals surface area contributed by atoms with Gasteiger partial charge in [0.25, 0.3) is 0 Å². The molecule has 0 bridgehead atoms. The van der Waals surface area contributed by atoms with Crippen molar-refractivity contribution in [3.05, 3.63) is 35.4 Å². The average Bonchev–Trinajstić information content (AvgIpc) is 2.69. The lowest BCUT2D eigenvalue weighted by molar-refractivity contribution is -0.121. The zero-order valence-electron chi connectivity index (χ0n) is 18.3. The maximum Gasteiger partial charge on any atom is 0.220 e. The maximum absolute atomic E-state index is 14.3. The standard InChI is InChI=1S/C21H33F2N5O.HI/c1-5-25-21(28-11-9-15(10-12-28)13-19(29)24-2)26-14-18(27(3)4)20-16(22)7-6-8-17(20)23;/h6-8,15,18H,5,9-14H2,1-4H3,(H,24,29)(H,25,26);1H. The molecule has 170 valence electrons. The highest BCUT2D eigenvalue weighted by atomic mass is 127. The summed E-state index contributed by atoms with van der Waals surface area (Å²) in [6, 6.07) is 3.43. The summed E-state index contributed by atoms with van der Waals surface area (Å²) in [5, 5.41) is 5.96. The first-order valence-electron chi connectivity index (χ1n) is 10.2. The number of piperidine rings is 1. The van der Waals surface area contributed by atoms with Gasteiger partial charge < -0.3 is 20.4 Å². The van der Waals surface area contributed by atoms with E-state index in [1.54, 1.807) is 26.0 Å². The first-order valence-corrected chi connectivity index (χ1v) is 10.2. The Kier molecular flexibility index (Phi) is 11.5. The molecule has 9 heteroatoms. The third kappa shape index (κ3) is 7.33. The van der Waals surface area contributed by atoms with Crippen LogP contribution in [0, 0.1) is 17.6 Å². The molecular weight excluding hydrogens is 503 g/mol. The third-order valence-electron chi connectivity index (χ3n) is 5.37. The van der Waals surface area contributed by atoms with Crippen LogP contribution in [0.4, 0.5) is 8.78 Å². The fourth-order valence-electron chi connectivity index (χ4n) is 3.65. The predicted molar refractivity (Wildman–Crippen MR) is 127 cm³/mol. The van der Waals surface area contributed by atoms with E-state index in [0.29, 0.717) is 18.9 Å². The van der Waals surface area contributed by atoms with Gasteiger partial charge in [0, 0.05) is 38.7 Å². The molecule has 0 radical (unpaired) electrons. The van der Waals surface area contributed by atoms with Gasteiger partial charge in [0.05, 0.1) is 12.6 Å². The monoisotopic (exact) mass is 537 g/mol. The molecule has 1 aromatic carbocycles. The molecule has 6 nitrogen and oxygen atoms in total. The zero-order chi connectivity index (χ0) is 21.4. The highest BCUT2D eigenvalue weighted by molar-refractivity contribution is 14.0. The van der Waals surface area contributed by atoms with Crippen LogP contribution in [0.2, 0.25) is 0 Å². The van der Waals surface area contributed by atoms with E-state index in [2.05, 4.69) is 15.5 Å². The van der Waals surface area contributed by atoms with Gasteiger partial charge in [-0.1, -0.05) is 6.07 Å². The second kappa shape index (κ2) is 13.0. The van der Waals surface area contributed by atoms with E-state index >= 15 is 0 Å². The van der Waals surface area contributed by atoms with Crippen LogP contribution in [-0.2, 0) is 4.79 Å². The number of halogens is 3. The summed E-state index contributed by atoms with van der Waals surface area (Å²) < 4.78 is 28.6. The van der Waals surface area contributed by atoms with Gasteiger partial charge in [0.1, 0.15) is 11.6 Å². The summed E-state index contributed by atoms with van der Waals surface area (Å²) in [5.74, 6) is 0.0770. The Morgan fingerprint density at radius 1 is 1.27 bits per heavy atom. The van der Waals surface area contributed by atoms with Gasteiger partial charge >= 0.3 is 0 Å². The summed E-state index contributed by atoms with van der Waals surface area (Å²) >= 11 is 0. The lowest BCUT2D eigenvalue weighted by atomic mass is 9.93. The van der Waals surface area contributed by atoms with Crippen LogP contribution in [0.5, 0.6) is 0 Å². The predicted octanol–water partition coefficient (Wildman–Crippen LogP) is 3.00. The number of hydrogen-bond donors (Lipinski definition) is 2. The highest BCUT2D eigenvalue weighted by Gasteiger charge is 2.25. The van der Waals surface area contributed by atoms with Crippen molar-refractivity contribution >= 4 is 35.8 Å². The van der Waals surface area contributed by atoms with E-state index in [-0.39, 0.29) is 42.0 Å². The molecule has 1 unspecified atom stereocenters. The van der Waals surface area contributed by atoms with E-state index in [4.69, 9.17) is 4.99 Å². The topological polar surface area (TPSA) is 60.0 Å². The van der Waals surface area contributed by atoms with E-state index in [1.807, 2.05) is 6.92 Å². The summed E-state index contributed by atoms with van der Waals surface area (Å²) in [7, 11) is 5.25. The Hall–Kier alpha value is -1.49. The van der Waals surface area contributed by atoms with Crippen molar-refractivity contribution in [2.24, 2.45) is 10.9 Å². The van der Waals surface area contributed by atoms with Gasteiger partial charge in [-0.25, -0.2) is 8.78 Å². The molecule has 0 aromatic heterocycles. The minimum atomic E-state index is -0.557. The minimum Gasteiger partial charge on any atom is -0.359 e. The largest absolute Gasteiger partial charge is 0.359 e. The fourth-order valence-corrected chi connectivity index (χ4v) is 3.65. The number of carbonyl (C=O) groups is 1. The van der Waals surface area contributed by atoms with Crippen LogP contribution in [-0.4, -0.2) is 69.0 Å². The number of aliphatic imine (C=N–C) groups is 1.